The summed E-state index contributed by atoms with van der Waals surface area (Å²) in [6.07, 6.45) is 2.46. The van der Waals surface area contributed by atoms with Gasteiger partial charge in [-0.3, -0.25) is 4.79 Å². The Balaban J connectivity index is 1.66. The van der Waals surface area contributed by atoms with Crippen LogP contribution in [0.4, 0.5) is 0 Å². The molecule has 23 heavy (non-hydrogen) atoms. The Labute approximate surface area is 138 Å². The lowest BCUT2D eigenvalue weighted by atomic mass is 10.3. The molecule has 0 unspecified atom stereocenters. The summed E-state index contributed by atoms with van der Waals surface area (Å²) in [6, 6.07) is 9.60. The Morgan fingerprint density at radius 3 is 2.78 bits per heavy atom. The number of hydrogen-bond acceptors (Lipinski definition) is 5. The Morgan fingerprint density at radius 2 is 2.09 bits per heavy atom. The van der Waals surface area contributed by atoms with Crippen molar-refractivity contribution in [2.24, 2.45) is 0 Å². The third-order valence-corrected chi connectivity index (χ3v) is 4.59. The molecule has 0 radical (unpaired) electrons. The first-order valence-electron chi connectivity index (χ1n) is 7.27. The summed E-state index contributed by atoms with van der Waals surface area (Å²) in [6.45, 7) is 2.61. The number of carbonyl (C=O) groups is 1. The second kappa shape index (κ2) is 6.70. The Bertz CT molecular complexity index is 796. The fraction of sp³-hybridized carbons (Fsp3) is 0.250. The van der Waals surface area contributed by atoms with Crippen molar-refractivity contribution in [1.82, 2.24) is 24.9 Å². The van der Waals surface area contributed by atoms with Gasteiger partial charge in [-0.25, -0.2) is 9.67 Å². The van der Waals surface area contributed by atoms with Crippen LogP contribution >= 0.6 is 11.3 Å². The minimum atomic E-state index is -0.130. The fourth-order valence-electron chi connectivity index (χ4n) is 2.20. The van der Waals surface area contributed by atoms with Crippen molar-refractivity contribution >= 4 is 17.2 Å². The number of aryl methyl sites for hydroxylation is 1. The van der Waals surface area contributed by atoms with Crippen LogP contribution in [0.1, 0.15) is 21.1 Å². The van der Waals surface area contributed by atoms with Gasteiger partial charge in [0.2, 0.25) is 0 Å². The Hall–Kier alpha value is -2.54. The number of rotatable bonds is 5. The van der Waals surface area contributed by atoms with Crippen LogP contribution in [0.5, 0.6) is 0 Å². The molecule has 7 heteroatoms. The monoisotopic (exact) mass is 327 g/mol. The average molecular weight is 327 g/mol. The van der Waals surface area contributed by atoms with E-state index < -0.39 is 0 Å². The van der Waals surface area contributed by atoms with Gasteiger partial charge in [0.15, 0.2) is 5.69 Å². The van der Waals surface area contributed by atoms with Gasteiger partial charge in [-0.1, -0.05) is 23.4 Å². The normalized spacial score (nSPS) is 10.7. The number of carbonyl (C=O) groups excluding carboxylic acids is 1. The molecule has 1 amide bonds. The lowest BCUT2D eigenvalue weighted by molar-refractivity contribution is 0.0791. The summed E-state index contributed by atoms with van der Waals surface area (Å²) in [5.74, 6) is -0.130. The number of para-hydroxylation sites is 1. The first kappa shape index (κ1) is 15.4. The van der Waals surface area contributed by atoms with Gasteiger partial charge in [-0.05, 0) is 19.1 Å². The average Bonchev–Trinajstić information content (AvgIpc) is 3.22. The van der Waals surface area contributed by atoms with E-state index in [4.69, 9.17) is 0 Å². The maximum absolute atomic E-state index is 12.4. The maximum atomic E-state index is 12.4. The summed E-state index contributed by atoms with van der Waals surface area (Å²) in [5.41, 5.74) is 4.09. The third kappa shape index (κ3) is 3.45. The molecule has 0 saturated carbocycles. The van der Waals surface area contributed by atoms with Gasteiger partial charge in [0, 0.05) is 24.9 Å². The molecule has 0 bridgehead atoms. The quantitative estimate of drug-likeness (QED) is 0.721. The number of aromatic nitrogens is 4. The van der Waals surface area contributed by atoms with E-state index in [1.807, 2.05) is 42.8 Å². The molecule has 0 aliphatic heterocycles. The molecule has 0 atom stereocenters. The summed E-state index contributed by atoms with van der Waals surface area (Å²) >= 11 is 1.62. The molecule has 0 fully saturated rings. The Morgan fingerprint density at radius 1 is 1.30 bits per heavy atom. The highest BCUT2D eigenvalue weighted by molar-refractivity contribution is 7.09. The van der Waals surface area contributed by atoms with E-state index in [0.717, 1.165) is 17.8 Å². The molecule has 0 N–H and O–H groups in total. The van der Waals surface area contributed by atoms with Crippen molar-refractivity contribution in [3.63, 3.8) is 0 Å². The van der Waals surface area contributed by atoms with E-state index in [-0.39, 0.29) is 5.91 Å². The molecule has 0 saturated heterocycles. The molecule has 0 aliphatic carbocycles. The number of nitrogens with zero attached hydrogens (tertiary/aromatic N) is 5. The topological polar surface area (TPSA) is 63.9 Å². The number of benzene rings is 1. The van der Waals surface area contributed by atoms with Crippen LogP contribution in [-0.2, 0) is 6.42 Å². The van der Waals surface area contributed by atoms with Crippen LogP contribution in [0.25, 0.3) is 5.69 Å². The summed E-state index contributed by atoms with van der Waals surface area (Å²) in [4.78, 5) is 19.5. The van der Waals surface area contributed by atoms with E-state index in [1.54, 1.807) is 34.2 Å². The smallest absolute Gasteiger partial charge is 0.275 e. The fourth-order valence-corrected chi connectivity index (χ4v) is 2.97. The molecule has 118 valence electrons. The third-order valence-electron chi connectivity index (χ3n) is 3.60. The van der Waals surface area contributed by atoms with E-state index >= 15 is 0 Å². The van der Waals surface area contributed by atoms with E-state index in [2.05, 4.69) is 15.3 Å². The van der Waals surface area contributed by atoms with Crippen molar-refractivity contribution in [1.29, 1.82) is 0 Å². The van der Waals surface area contributed by atoms with Gasteiger partial charge in [0.1, 0.15) is 0 Å². The molecule has 2 heterocycles. The standard InChI is InChI=1S/C16H17N5OS/c1-12-15(23-11-17-12)8-9-20(2)16(22)14-10-21(19-18-14)13-6-4-3-5-7-13/h3-7,10-11H,8-9H2,1-2H3. The minimum absolute atomic E-state index is 0.130. The summed E-state index contributed by atoms with van der Waals surface area (Å²) in [5, 5.41) is 8.01. The van der Waals surface area contributed by atoms with Crippen LogP contribution in [0, 0.1) is 6.92 Å². The van der Waals surface area contributed by atoms with Crippen molar-refractivity contribution < 1.29 is 4.79 Å². The van der Waals surface area contributed by atoms with Crippen molar-refractivity contribution in [2.45, 2.75) is 13.3 Å². The van der Waals surface area contributed by atoms with Gasteiger partial charge >= 0.3 is 0 Å². The van der Waals surface area contributed by atoms with Gasteiger partial charge in [-0.2, -0.15) is 0 Å². The van der Waals surface area contributed by atoms with Gasteiger partial charge in [-0.15, -0.1) is 16.4 Å². The lowest BCUT2D eigenvalue weighted by Crippen LogP contribution is -2.29. The van der Waals surface area contributed by atoms with Crippen LogP contribution in [0.2, 0.25) is 0 Å². The second-order valence-electron chi connectivity index (χ2n) is 5.22. The van der Waals surface area contributed by atoms with E-state index in [1.165, 1.54) is 4.88 Å². The molecule has 2 aromatic heterocycles. The molecule has 0 aliphatic rings. The summed E-state index contributed by atoms with van der Waals surface area (Å²) in [7, 11) is 1.78. The zero-order chi connectivity index (χ0) is 16.2. The minimum Gasteiger partial charge on any atom is -0.340 e. The molecule has 3 aromatic rings. The molecular weight excluding hydrogens is 310 g/mol. The van der Waals surface area contributed by atoms with Gasteiger partial charge in [0.05, 0.1) is 23.1 Å². The zero-order valence-electron chi connectivity index (χ0n) is 13.0. The van der Waals surface area contributed by atoms with Crippen molar-refractivity contribution in [3.05, 3.63) is 58.3 Å². The Kier molecular flexibility index (Phi) is 4.47. The molecule has 1 aromatic carbocycles. The number of hydrogen-bond donors (Lipinski definition) is 0. The van der Waals surface area contributed by atoms with Crippen LogP contribution in [-0.4, -0.2) is 44.4 Å². The first-order chi connectivity index (χ1) is 11.1. The molecule has 0 spiro atoms. The van der Waals surface area contributed by atoms with Crippen LogP contribution in [0.3, 0.4) is 0 Å². The van der Waals surface area contributed by atoms with Crippen LogP contribution < -0.4 is 0 Å². The van der Waals surface area contributed by atoms with Crippen molar-refractivity contribution in [3.8, 4) is 5.69 Å². The van der Waals surface area contributed by atoms with E-state index in [9.17, 15) is 4.79 Å². The highest BCUT2D eigenvalue weighted by atomic mass is 32.1. The summed E-state index contributed by atoms with van der Waals surface area (Å²) < 4.78 is 1.61. The lowest BCUT2D eigenvalue weighted by Gasteiger charge is -2.14. The predicted molar refractivity (Wildman–Crippen MR) is 88.9 cm³/mol. The first-order valence-corrected chi connectivity index (χ1v) is 8.15. The largest absolute Gasteiger partial charge is 0.340 e. The van der Waals surface area contributed by atoms with Gasteiger partial charge < -0.3 is 4.90 Å². The number of amides is 1. The number of likely N-dealkylation sites (N-methyl/N-ethyl adjacent to an activating group) is 1. The highest BCUT2D eigenvalue weighted by Crippen LogP contribution is 2.13. The molecule has 6 nitrogen and oxygen atoms in total. The molecule has 3 rings (SSSR count). The molecular formula is C16H17N5OS. The SMILES string of the molecule is Cc1ncsc1CCN(C)C(=O)c1cn(-c2ccccc2)nn1. The van der Waals surface area contributed by atoms with Crippen molar-refractivity contribution in [2.75, 3.05) is 13.6 Å². The van der Waals surface area contributed by atoms with Gasteiger partial charge in [0.25, 0.3) is 5.91 Å². The predicted octanol–water partition coefficient (Wildman–Crippen LogP) is 2.35. The van der Waals surface area contributed by atoms with Crippen LogP contribution in [0.15, 0.2) is 42.0 Å². The number of thiazole rings is 1. The maximum Gasteiger partial charge on any atom is 0.275 e. The highest BCUT2D eigenvalue weighted by Gasteiger charge is 2.16. The van der Waals surface area contributed by atoms with E-state index in [0.29, 0.717) is 12.2 Å². The second-order valence-corrected chi connectivity index (χ2v) is 6.16. The zero-order valence-corrected chi connectivity index (χ0v) is 13.8.